The van der Waals surface area contributed by atoms with Gasteiger partial charge in [-0.25, -0.2) is 0 Å². The van der Waals surface area contributed by atoms with E-state index in [9.17, 15) is 14.7 Å². The lowest BCUT2D eigenvalue weighted by Crippen LogP contribution is -2.47. The third-order valence-corrected chi connectivity index (χ3v) is 7.98. The maximum absolute atomic E-state index is 12.8. The number of phenolic OH excluding ortho intramolecular Hbond substituents is 1. The number of hydrogen-bond acceptors (Lipinski definition) is 4. The lowest BCUT2D eigenvalue weighted by atomic mass is 9.78. The molecule has 242 valence electrons. The van der Waals surface area contributed by atoms with Crippen molar-refractivity contribution in [3.8, 4) is 5.75 Å². The van der Waals surface area contributed by atoms with Gasteiger partial charge in [-0.3, -0.25) is 9.59 Å². The zero-order chi connectivity index (χ0) is 31.8. The van der Waals surface area contributed by atoms with Crippen LogP contribution in [-0.2, 0) is 31.6 Å². The number of aromatic hydroxyl groups is 1. The van der Waals surface area contributed by atoms with Crippen molar-refractivity contribution in [3.63, 3.8) is 0 Å². The highest BCUT2D eigenvalue weighted by molar-refractivity contribution is 5.77. The molecule has 0 bridgehead atoms. The molecule has 0 saturated heterocycles. The first-order chi connectivity index (χ1) is 19.6. The number of phenols is 1. The Morgan fingerprint density at radius 3 is 1.55 bits per heavy atom. The third kappa shape index (κ3) is 16.0. The largest absolute Gasteiger partial charge is 0.507 e. The molecule has 1 aromatic carbocycles. The molecule has 0 atom stereocenters. The topological polar surface area (TPSA) is 75.6 Å². The van der Waals surface area contributed by atoms with E-state index in [0.717, 1.165) is 29.5 Å². The van der Waals surface area contributed by atoms with Crippen molar-refractivity contribution in [3.05, 3.63) is 28.8 Å². The van der Waals surface area contributed by atoms with Crippen molar-refractivity contribution in [1.82, 2.24) is 5.32 Å². The molecule has 1 aromatic rings. The van der Waals surface area contributed by atoms with Crippen LogP contribution < -0.4 is 5.32 Å². The predicted octanol–water partition coefficient (Wildman–Crippen LogP) is 9.84. The van der Waals surface area contributed by atoms with Crippen molar-refractivity contribution in [2.45, 2.75) is 181 Å². The van der Waals surface area contributed by atoms with Crippen LogP contribution in [0.15, 0.2) is 12.1 Å². The molecular formula is C37H65NO4. The van der Waals surface area contributed by atoms with Gasteiger partial charge in [0, 0.05) is 12.8 Å². The van der Waals surface area contributed by atoms with E-state index in [0.29, 0.717) is 25.0 Å². The molecule has 2 N–H and O–H groups in total. The molecule has 1 amide bonds. The highest BCUT2D eigenvalue weighted by atomic mass is 16.5. The highest BCUT2D eigenvalue weighted by Gasteiger charge is 2.27. The average molecular weight is 588 g/mol. The first kappa shape index (κ1) is 38.0. The van der Waals surface area contributed by atoms with E-state index in [2.05, 4.69) is 53.8 Å². The summed E-state index contributed by atoms with van der Waals surface area (Å²) in [5, 5.41) is 14.0. The van der Waals surface area contributed by atoms with Crippen molar-refractivity contribution in [2.24, 2.45) is 0 Å². The van der Waals surface area contributed by atoms with E-state index in [4.69, 9.17) is 4.74 Å². The minimum atomic E-state index is -0.634. The Bertz CT molecular complexity index is 901. The second-order valence-corrected chi connectivity index (χ2v) is 15.1. The van der Waals surface area contributed by atoms with E-state index in [-0.39, 0.29) is 29.3 Å². The molecule has 0 aliphatic heterocycles. The number of amides is 1. The number of esters is 1. The van der Waals surface area contributed by atoms with Gasteiger partial charge in [0.1, 0.15) is 12.4 Å². The molecule has 0 aromatic heterocycles. The van der Waals surface area contributed by atoms with Gasteiger partial charge in [-0.1, -0.05) is 138 Å². The van der Waals surface area contributed by atoms with E-state index in [1.165, 1.54) is 70.6 Å². The van der Waals surface area contributed by atoms with Crippen LogP contribution in [0.25, 0.3) is 0 Å². The molecule has 0 spiro atoms. The molecule has 0 heterocycles. The summed E-state index contributed by atoms with van der Waals surface area (Å²) in [5.74, 6) is 0.0918. The molecule has 0 aliphatic rings. The molecule has 1 rings (SSSR count). The third-order valence-electron chi connectivity index (χ3n) is 7.98. The van der Waals surface area contributed by atoms with E-state index >= 15 is 0 Å². The SMILES string of the molecule is CCCCCCCCCCCCCCCC(=O)OCC(C)(C)NC(=O)CCc1cc(C(C)(C)C)c(O)c(C(C)(C)C)c1. The molecule has 5 nitrogen and oxygen atoms in total. The molecule has 0 saturated carbocycles. The van der Waals surface area contributed by atoms with Gasteiger partial charge in [0.25, 0.3) is 0 Å². The number of rotatable bonds is 20. The Morgan fingerprint density at radius 2 is 1.12 bits per heavy atom. The molecule has 5 heteroatoms. The number of carbonyl (C=O) groups excluding carboxylic acids is 2. The first-order valence-electron chi connectivity index (χ1n) is 16.9. The zero-order valence-corrected chi connectivity index (χ0v) is 28.8. The minimum Gasteiger partial charge on any atom is -0.507 e. The smallest absolute Gasteiger partial charge is 0.305 e. The van der Waals surface area contributed by atoms with Gasteiger partial charge in [0.15, 0.2) is 0 Å². The van der Waals surface area contributed by atoms with E-state index < -0.39 is 5.54 Å². The van der Waals surface area contributed by atoms with Crippen LogP contribution in [0, 0.1) is 0 Å². The number of unbranched alkanes of at least 4 members (excludes halogenated alkanes) is 12. The van der Waals surface area contributed by atoms with Crippen LogP contribution in [-0.4, -0.2) is 29.1 Å². The Balaban J connectivity index is 2.33. The maximum Gasteiger partial charge on any atom is 0.305 e. The van der Waals surface area contributed by atoms with Gasteiger partial charge in [-0.2, -0.15) is 0 Å². The number of nitrogens with one attached hydrogen (secondary N) is 1. The molecule has 0 radical (unpaired) electrons. The highest BCUT2D eigenvalue weighted by Crippen LogP contribution is 2.40. The Morgan fingerprint density at radius 1 is 0.690 bits per heavy atom. The van der Waals surface area contributed by atoms with Crippen molar-refractivity contribution in [2.75, 3.05) is 6.61 Å². The fraction of sp³-hybridized carbons (Fsp3) is 0.784. The second kappa shape index (κ2) is 18.6. The monoisotopic (exact) mass is 587 g/mol. The lowest BCUT2D eigenvalue weighted by Gasteiger charge is -2.28. The van der Waals surface area contributed by atoms with Gasteiger partial charge in [0.2, 0.25) is 5.91 Å². The van der Waals surface area contributed by atoms with E-state index in [1.54, 1.807) is 0 Å². The Hall–Kier alpha value is -2.04. The van der Waals surface area contributed by atoms with Gasteiger partial charge < -0.3 is 15.2 Å². The molecule has 0 unspecified atom stereocenters. The molecule has 42 heavy (non-hydrogen) atoms. The number of benzene rings is 1. The molecule has 0 fully saturated rings. The number of carbonyl (C=O) groups is 2. The zero-order valence-electron chi connectivity index (χ0n) is 28.8. The number of ether oxygens (including phenoxy) is 1. The number of aryl methyl sites for hydroxylation is 1. The average Bonchev–Trinajstić information content (AvgIpc) is 2.88. The normalized spacial score (nSPS) is 12.4. The predicted molar refractivity (Wildman–Crippen MR) is 177 cm³/mol. The van der Waals surface area contributed by atoms with Gasteiger partial charge in [0.05, 0.1) is 5.54 Å². The molecular weight excluding hydrogens is 522 g/mol. The summed E-state index contributed by atoms with van der Waals surface area (Å²) >= 11 is 0. The summed E-state index contributed by atoms with van der Waals surface area (Å²) < 4.78 is 5.52. The second-order valence-electron chi connectivity index (χ2n) is 15.1. The summed E-state index contributed by atoms with van der Waals surface area (Å²) in [4.78, 5) is 25.1. The van der Waals surface area contributed by atoms with Crippen LogP contribution in [0.1, 0.15) is 175 Å². The molecule has 0 aliphatic carbocycles. The fourth-order valence-electron chi connectivity index (χ4n) is 5.34. The van der Waals surface area contributed by atoms with Crippen LogP contribution >= 0.6 is 0 Å². The summed E-state index contributed by atoms with van der Waals surface area (Å²) in [6, 6.07) is 4.06. The van der Waals surface area contributed by atoms with Crippen LogP contribution in [0.4, 0.5) is 0 Å². The van der Waals surface area contributed by atoms with Gasteiger partial charge >= 0.3 is 5.97 Å². The fourth-order valence-corrected chi connectivity index (χ4v) is 5.34. The summed E-state index contributed by atoms with van der Waals surface area (Å²) in [7, 11) is 0. The van der Waals surface area contributed by atoms with E-state index in [1.807, 2.05) is 26.0 Å². The minimum absolute atomic E-state index is 0.0739. The van der Waals surface area contributed by atoms with Crippen LogP contribution in [0.3, 0.4) is 0 Å². The van der Waals surface area contributed by atoms with Crippen molar-refractivity contribution >= 4 is 11.9 Å². The summed E-state index contributed by atoms with van der Waals surface area (Å²) in [5.41, 5.74) is 1.80. The lowest BCUT2D eigenvalue weighted by molar-refractivity contribution is -0.146. The maximum atomic E-state index is 12.8. The summed E-state index contributed by atoms with van der Waals surface area (Å²) in [6.45, 7) is 18.7. The first-order valence-corrected chi connectivity index (χ1v) is 16.9. The standard InChI is InChI=1S/C37H65NO4/c1-10-11-12-13-14-15-16-17-18-19-20-21-22-23-33(40)42-28-37(8,9)38-32(39)25-24-29-26-30(35(2,3)4)34(41)31(27-29)36(5,6)7/h26-27,41H,10-25,28H2,1-9H3,(H,38,39). The van der Waals surface area contributed by atoms with Crippen molar-refractivity contribution in [1.29, 1.82) is 0 Å². The quantitative estimate of drug-likeness (QED) is 0.118. The van der Waals surface area contributed by atoms with Crippen LogP contribution in [0.2, 0.25) is 0 Å². The number of hydrogen-bond donors (Lipinski definition) is 2. The van der Waals surface area contributed by atoms with Gasteiger partial charge in [-0.05, 0) is 54.2 Å². The Labute approximate surface area is 259 Å². The Kier molecular flexibility index (Phi) is 16.8. The van der Waals surface area contributed by atoms with Crippen molar-refractivity contribution < 1.29 is 19.4 Å². The summed E-state index contributed by atoms with van der Waals surface area (Å²) in [6.07, 6.45) is 17.9. The van der Waals surface area contributed by atoms with Gasteiger partial charge in [-0.15, -0.1) is 0 Å². The van der Waals surface area contributed by atoms with Crippen LogP contribution in [0.5, 0.6) is 5.75 Å².